The van der Waals surface area contributed by atoms with Gasteiger partial charge in [0, 0.05) is 0 Å². The zero-order chi connectivity index (χ0) is 14.8. The maximum Gasteiger partial charge on any atom is 0.321 e. The first-order chi connectivity index (χ1) is 8.28. The van der Waals surface area contributed by atoms with E-state index < -0.39 is 56.2 Å². The van der Waals surface area contributed by atoms with Crippen molar-refractivity contribution in [3.05, 3.63) is 0 Å². The largest absolute Gasteiger partial charge is 0.481 e. The number of carboxylic acids is 2. The van der Waals surface area contributed by atoms with Crippen LogP contribution in [0.15, 0.2) is 0 Å². The predicted octanol–water partition coefficient (Wildman–Crippen LogP) is -3.18. The van der Waals surface area contributed by atoms with Gasteiger partial charge in [0.1, 0.15) is 6.04 Å². The van der Waals surface area contributed by atoms with E-state index in [0.717, 1.165) is 0 Å². The molecule has 0 bridgehead atoms. The van der Waals surface area contributed by atoms with Crippen molar-refractivity contribution in [1.29, 1.82) is 0 Å². The molecule has 0 aliphatic heterocycles. The summed E-state index contributed by atoms with van der Waals surface area (Å²) in [5.74, 6) is -2.50. The van der Waals surface area contributed by atoms with E-state index >= 15 is 0 Å². The van der Waals surface area contributed by atoms with Gasteiger partial charge < -0.3 is 36.4 Å². The molecular formula is C9H19NO8. The minimum atomic E-state index is -1.29. The summed E-state index contributed by atoms with van der Waals surface area (Å²) in [4.78, 5) is 19.6. The molecule has 9 heteroatoms. The lowest BCUT2D eigenvalue weighted by Crippen LogP contribution is -2.37. The maximum atomic E-state index is 9.85. The zero-order valence-electron chi connectivity index (χ0n) is 9.69. The Hall–Kier alpha value is -1.26. The number of carbonyl (C=O) groups is 2. The van der Waals surface area contributed by atoms with Crippen LogP contribution in [0, 0.1) is 5.41 Å². The van der Waals surface area contributed by atoms with E-state index in [1.165, 1.54) is 0 Å². The van der Waals surface area contributed by atoms with Gasteiger partial charge >= 0.3 is 11.9 Å². The van der Waals surface area contributed by atoms with Gasteiger partial charge in [0.2, 0.25) is 0 Å². The second-order valence-electron chi connectivity index (χ2n) is 3.68. The first-order valence-electron chi connectivity index (χ1n) is 4.92. The van der Waals surface area contributed by atoms with E-state index in [9.17, 15) is 9.59 Å². The van der Waals surface area contributed by atoms with E-state index in [2.05, 4.69) is 0 Å². The summed E-state index contributed by atoms with van der Waals surface area (Å²) in [5.41, 5.74) is 3.73. The quantitative estimate of drug-likeness (QED) is 0.250. The third kappa shape index (κ3) is 7.92. The van der Waals surface area contributed by atoms with Crippen LogP contribution in [0.4, 0.5) is 0 Å². The van der Waals surface area contributed by atoms with Crippen LogP contribution in [0.2, 0.25) is 0 Å². The van der Waals surface area contributed by atoms with Crippen LogP contribution in [0.5, 0.6) is 0 Å². The summed E-state index contributed by atoms with van der Waals surface area (Å²) in [7, 11) is 0. The number of rotatable bonds is 7. The van der Waals surface area contributed by atoms with E-state index in [-0.39, 0.29) is 0 Å². The molecule has 0 aliphatic carbocycles. The molecule has 0 fully saturated rings. The predicted molar refractivity (Wildman–Crippen MR) is 58.6 cm³/mol. The monoisotopic (exact) mass is 269 g/mol. The number of carboxylic acid groups (broad SMARTS) is 2. The highest BCUT2D eigenvalue weighted by atomic mass is 16.4. The van der Waals surface area contributed by atoms with Crippen LogP contribution in [0.3, 0.4) is 0 Å². The molecule has 0 radical (unpaired) electrons. The van der Waals surface area contributed by atoms with Crippen molar-refractivity contribution in [1.82, 2.24) is 0 Å². The molecule has 0 saturated carbocycles. The Labute approximate surface area is 103 Å². The third-order valence-corrected chi connectivity index (χ3v) is 2.05. The second kappa shape index (κ2) is 9.74. The van der Waals surface area contributed by atoms with Gasteiger partial charge in [-0.3, -0.25) is 9.59 Å². The van der Waals surface area contributed by atoms with Gasteiger partial charge in [-0.15, -0.1) is 0 Å². The molecule has 0 heterocycles. The van der Waals surface area contributed by atoms with Gasteiger partial charge in [0.25, 0.3) is 0 Å². The van der Waals surface area contributed by atoms with Gasteiger partial charge in [-0.25, -0.2) is 0 Å². The summed E-state index contributed by atoms with van der Waals surface area (Å²) < 4.78 is 0. The fraction of sp³-hybridized carbons (Fsp3) is 0.778. The molecular weight excluding hydrogens is 250 g/mol. The van der Waals surface area contributed by atoms with Crippen LogP contribution in [0.1, 0.15) is 6.42 Å². The van der Waals surface area contributed by atoms with Crippen molar-refractivity contribution in [2.45, 2.75) is 12.5 Å². The van der Waals surface area contributed by atoms with Crippen molar-refractivity contribution in [2.24, 2.45) is 11.1 Å². The summed E-state index contributed by atoms with van der Waals surface area (Å²) in [6.45, 7) is -1.62. The number of aliphatic carboxylic acids is 2. The Morgan fingerprint density at radius 2 is 1.28 bits per heavy atom. The highest BCUT2D eigenvalue weighted by Crippen LogP contribution is 2.11. The van der Waals surface area contributed by atoms with Crippen LogP contribution in [-0.4, -0.2) is 75.0 Å². The molecule has 108 valence electrons. The summed E-state index contributed by atoms with van der Waals surface area (Å²) in [6, 6.07) is -1.29. The lowest BCUT2D eigenvalue weighted by molar-refractivity contribution is -0.144. The number of hydrogen-bond acceptors (Lipinski definition) is 7. The lowest BCUT2D eigenvalue weighted by Gasteiger charge is -2.23. The molecule has 0 unspecified atom stereocenters. The first kappa shape index (κ1) is 19.1. The molecule has 0 amide bonds. The summed E-state index contributed by atoms with van der Waals surface area (Å²) >= 11 is 0. The molecule has 0 saturated heterocycles. The molecule has 0 aromatic heterocycles. The molecule has 18 heavy (non-hydrogen) atoms. The van der Waals surface area contributed by atoms with Crippen LogP contribution < -0.4 is 5.73 Å². The van der Waals surface area contributed by atoms with Crippen molar-refractivity contribution < 1.29 is 40.2 Å². The standard InChI is InChI=1S/C5H12O4.C4H7NO4/c6-1-5(2-7,3-8)4-9;5-2(4(8)9)1-3(6)7/h6-9H,1-4H2;2H,1,5H2,(H,6,7)(H,8,9)/t;2-/m.0/s1. The molecule has 0 rings (SSSR count). The SMILES string of the molecule is N[C@@H](CC(=O)O)C(=O)O.OCC(CO)(CO)CO. The average Bonchev–Trinajstić information content (AvgIpc) is 2.32. The fourth-order valence-corrected chi connectivity index (χ4v) is 0.575. The lowest BCUT2D eigenvalue weighted by atomic mass is 9.93. The van der Waals surface area contributed by atoms with E-state index in [1.807, 2.05) is 0 Å². The molecule has 8 N–H and O–H groups in total. The molecule has 0 aromatic rings. The Balaban J connectivity index is 0. The van der Waals surface area contributed by atoms with Crippen molar-refractivity contribution >= 4 is 11.9 Å². The molecule has 0 spiro atoms. The Kier molecular flexibility index (Phi) is 10.3. The Morgan fingerprint density at radius 1 is 0.944 bits per heavy atom. The van der Waals surface area contributed by atoms with Crippen molar-refractivity contribution in [2.75, 3.05) is 26.4 Å². The van der Waals surface area contributed by atoms with Crippen LogP contribution >= 0.6 is 0 Å². The molecule has 0 aliphatic rings. The number of hydrogen-bond donors (Lipinski definition) is 7. The van der Waals surface area contributed by atoms with Gasteiger partial charge in [-0.2, -0.15) is 0 Å². The summed E-state index contributed by atoms with van der Waals surface area (Å²) in [6.07, 6.45) is -0.532. The topological polar surface area (TPSA) is 182 Å². The Morgan fingerprint density at radius 3 is 1.33 bits per heavy atom. The fourth-order valence-electron chi connectivity index (χ4n) is 0.575. The Bertz CT molecular complexity index is 235. The van der Waals surface area contributed by atoms with E-state index in [0.29, 0.717) is 0 Å². The van der Waals surface area contributed by atoms with Gasteiger partial charge in [0.15, 0.2) is 0 Å². The van der Waals surface area contributed by atoms with Crippen LogP contribution in [0.25, 0.3) is 0 Å². The third-order valence-electron chi connectivity index (χ3n) is 2.05. The average molecular weight is 269 g/mol. The normalized spacial score (nSPS) is 12.3. The van der Waals surface area contributed by atoms with E-state index in [1.54, 1.807) is 0 Å². The van der Waals surface area contributed by atoms with Crippen molar-refractivity contribution in [3.8, 4) is 0 Å². The maximum absolute atomic E-state index is 9.85. The second-order valence-corrected chi connectivity index (χ2v) is 3.68. The number of aliphatic hydroxyl groups is 4. The smallest absolute Gasteiger partial charge is 0.321 e. The van der Waals surface area contributed by atoms with Gasteiger partial charge in [-0.05, 0) is 0 Å². The number of aliphatic hydroxyl groups excluding tert-OH is 4. The molecule has 1 atom stereocenters. The minimum absolute atomic E-state index is 0.406. The van der Waals surface area contributed by atoms with Gasteiger partial charge in [0.05, 0.1) is 38.3 Å². The molecule has 0 aromatic carbocycles. The summed E-state index contributed by atoms with van der Waals surface area (Å²) in [5, 5.41) is 50.0. The minimum Gasteiger partial charge on any atom is -0.481 e. The van der Waals surface area contributed by atoms with Crippen LogP contribution in [-0.2, 0) is 9.59 Å². The highest BCUT2D eigenvalue weighted by molar-refractivity contribution is 5.80. The van der Waals surface area contributed by atoms with Gasteiger partial charge in [-0.1, -0.05) is 0 Å². The number of nitrogens with two attached hydrogens (primary N) is 1. The zero-order valence-corrected chi connectivity index (χ0v) is 9.69. The molecule has 9 nitrogen and oxygen atoms in total. The van der Waals surface area contributed by atoms with Crippen molar-refractivity contribution in [3.63, 3.8) is 0 Å². The highest BCUT2D eigenvalue weighted by Gasteiger charge is 2.26. The van der Waals surface area contributed by atoms with E-state index in [4.69, 9.17) is 36.4 Å². The first-order valence-corrected chi connectivity index (χ1v) is 4.92.